The molecule has 1 unspecified atom stereocenters. The van der Waals surface area contributed by atoms with Gasteiger partial charge in [0, 0.05) is 0 Å². The highest BCUT2D eigenvalue weighted by molar-refractivity contribution is 7.47. The minimum atomic E-state index is -2.09. The van der Waals surface area contributed by atoms with E-state index >= 15 is 0 Å². The van der Waals surface area contributed by atoms with Crippen molar-refractivity contribution < 1.29 is 0 Å². The van der Waals surface area contributed by atoms with Crippen LogP contribution in [0, 0.1) is 0 Å². The maximum Gasteiger partial charge on any atom is 0.259 e. The van der Waals surface area contributed by atoms with E-state index in [0.717, 1.165) is 12.8 Å². The van der Waals surface area contributed by atoms with Gasteiger partial charge in [-0.05, 0) is 10.6 Å². The first-order valence-corrected chi connectivity index (χ1v) is 8.77. The number of hydrogen-bond acceptors (Lipinski definition) is 0. The van der Waals surface area contributed by atoms with Crippen LogP contribution in [0.5, 0.6) is 0 Å². The quantitative estimate of drug-likeness (QED) is 0.473. The number of halogens is 2. The van der Waals surface area contributed by atoms with Gasteiger partial charge in [0.2, 0.25) is 0 Å². The molecule has 0 aliphatic rings. The van der Waals surface area contributed by atoms with Crippen LogP contribution >= 0.6 is 22.2 Å². The van der Waals surface area contributed by atoms with E-state index in [-0.39, 0.29) is 5.04 Å². The Bertz CT molecular complexity index is 143. The Morgan fingerprint density at radius 2 is 1.67 bits per heavy atom. The maximum absolute atomic E-state index is 6.48. The average Bonchev–Trinajstić information content (AvgIpc) is 2.02. The zero-order valence-corrected chi connectivity index (χ0v) is 11.3. The first-order valence-electron chi connectivity index (χ1n) is 4.67. The monoisotopic (exact) mass is 226 g/mol. The summed E-state index contributed by atoms with van der Waals surface area (Å²) in [4.78, 5) is 0. The first-order chi connectivity index (χ1) is 5.29. The SMILES string of the molecule is CCC(C)[Si](Cl)(Cl)C(C)(C)CC. The van der Waals surface area contributed by atoms with E-state index < -0.39 is 6.69 Å². The molecular weight excluding hydrogens is 207 g/mol. The lowest BCUT2D eigenvalue weighted by atomic mass is 10.1. The van der Waals surface area contributed by atoms with Crippen LogP contribution in [0.25, 0.3) is 0 Å². The fourth-order valence-electron chi connectivity index (χ4n) is 1.16. The Balaban J connectivity index is 4.58. The number of hydrogen-bond donors (Lipinski definition) is 0. The second-order valence-corrected chi connectivity index (χ2v) is 11.9. The van der Waals surface area contributed by atoms with Gasteiger partial charge in [-0.2, -0.15) is 0 Å². The van der Waals surface area contributed by atoms with Crippen LogP contribution in [-0.2, 0) is 0 Å². The maximum atomic E-state index is 6.48. The van der Waals surface area contributed by atoms with Gasteiger partial charge in [0.15, 0.2) is 0 Å². The number of rotatable bonds is 4. The van der Waals surface area contributed by atoms with Gasteiger partial charge in [0.05, 0.1) is 0 Å². The van der Waals surface area contributed by atoms with E-state index in [1.54, 1.807) is 0 Å². The molecule has 0 saturated heterocycles. The van der Waals surface area contributed by atoms with Gasteiger partial charge in [-0.25, -0.2) is 0 Å². The van der Waals surface area contributed by atoms with E-state index in [1.807, 2.05) is 0 Å². The van der Waals surface area contributed by atoms with Crippen molar-refractivity contribution in [2.24, 2.45) is 0 Å². The lowest BCUT2D eigenvalue weighted by Gasteiger charge is -2.38. The fraction of sp³-hybridized carbons (Fsp3) is 1.00. The first kappa shape index (κ1) is 12.8. The van der Waals surface area contributed by atoms with E-state index in [2.05, 4.69) is 34.6 Å². The van der Waals surface area contributed by atoms with Crippen molar-refractivity contribution in [3.63, 3.8) is 0 Å². The van der Waals surface area contributed by atoms with E-state index in [0.29, 0.717) is 5.54 Å². The summed E-state index contributed by atoms with van der Waals surface area (Å²) in [5, 5.41) is 0.130. The standard InChI is InChI=1S/C9H20Cl2Si/c1-6-8(3)12(10,11)9(4,5)7-2/h8H,6-7H2,1-5H3. The predicted molar refractivity (Wildman–Crippen MR) is 61.5 cm³/mol. The molecule has 0 aliphatic carbocycles. The van der Waals surface area contributed by atoms with Crippen molar-refractivity contribution in [3.8, 4) is 0 Å². The third-order valence-electron chi connectivity index (χ3n) is 3.02. The molecule has 0 radical (unpaired) electrons. The molecule has 12 heavy (non-hydrogen) atoms. The van der Waals surface area contributed by atoms with Crippen LogP contribution in [-0.4, -0.2) is 6.69 Å². The van der Waals surface area contributed by atoms with Gasteiger partial charge >= 0.3 is 0 Å². The summed E-state index contributed by atoms with van der Waals surface area (Å²) in [6, 6.07) is 0. The molecule has 0 nitrogen and oxygen atoms in total. The summed E-state index contributed by atoms with van der Waals surface area (Å²) in [5.74, 6) is 0. The summed E-state index contributed by atoms with van der Waals surface area (Å²) in [6.45, 7) is 8.77. The van der Waals surface area contributed by atoms with Gasteiger partial charge in [-0.3, -0.25) is 0 Å². The van der Waals surface area contributed by atoms with Gasteiger partial charge in [-0.15, -0.1) is 22.2 Å². The zero-order chi connectivity index (χ0) is 9.99. The summed E-state index contributed by atoms with van der Waals surface area (Å²) in [5.41, 5.74) is 0.482. The summed E-state index contributed by atoms with van der Waals surface area (Å²) < 4.78 is 0. The van der Waals surface area contributed by atoms with Crippen LogP contribution in [0.15, 0.2) is 0 Å². The topological polar surface area (TPSA) is 0 Å². The molecule has 0 heterocycles. The largest absolute Gasteiger partial charge is 0.259 e. The van der Waals surface area contributed by atoms with Crippen molar-refractivity contribution in [1.82, 2.24) is 0 Å². The minimum absolute atomic E-state index is 0.130. The van der Waals surface area contributed by atoms with Crippen LogP contribution in [0.3, 0.4) is 0 Å². The molecule has 1 atom stereocenters. The Morgan fingerprint density at radius 3 is 1.92 bits per heavy atom. The minimum Gasteiger partial charge on any atom is -0.145 e. The van der Waals surface area contributed by atoms with E-state index in [4.69, 9.17) is 22.2 Å². The summed E-state index contributed by atoms with van der Waals surface area (Å²) in [6.07, 6.45) is 2.15. The summed E-state index contributed by atoms with van der Waals surface area (Å²) in [7, 11) is 0. The van der Waals surface area contributed by atoms with Crippen molar-refractivity contribution in [2.45, 2.75) is 58.0 Å². The van der Waals surface area contributed by atoms with Crippen LogP contribution < -0.4 is 0 Å². The van der Waals surface area contributed by atoms with Crippen molar-refractivity contribution in [1.29, 1.82) is 0 Å². The molecule has 0 aromatic rings. The van der Waals surface area contributed by atoms with Gasteiger partial charge in [-0.1, -0.05) is 47.5 Å². The van der Waals surface area contributed by atoms with Crippen molar-refractivity contribution in [3.05, 3.63) is 0 Å². The van der Waals surface area contributed by atoms with Gasteiger partial charge in [0.1, 0.15) is 0 Å². The van der Waals surface area contributed by atoms with E-state index in [9.17, 15) is 0 Å². The van der Waals surface area contributed by atoms with Crippen LogP contribution in [0.1, 0.15) is 47.5 Å². The van der Waals surface area contributed by atoms with Crippen LogP contribution in [0.2, 0.25) is 10.6 Å². The molecule has 3 heteroatoms. The molecule has 0 aromatic heterocycles. The van der Waals surface area contributed by atoms with E-state index in [1.165, 1.54) is 0 Å². The van der Waals surface area contributed by atoms with Crippen molar-refractivity contribution >= 4 is 28.9 Å². The molecule has 74 valence electrons. The molecule has 0 bridgehead atoms. The highest BCUT2D eigenvalue weighted by Gasteiger charge is 2.47. The smallest absolute Gasteiger partial charge is 0.145 e. The Labute approximate surface area is 87.1 Å². The molecule has 0 aromatic carbocycles. The summed E-state index contributed by atoms with van der Waals surface area (Å²) >= 11 is 13.0. The van der Waals surface area contributed by atoms with Gasteiger partial charge in [0.25, 0.3) is 6.69 Å². The fourth-order valence-corrected chi connectivity index (χ4v) is 5.20. The molecule has 0 spiro atoms. The van der Waals surface area contributed by atoms with Crippen molar-refractivity contribution in [2.75, 3.05) is 0 Å². The zero-order valence-electron chi connectivity index (χ0n) is 8.75. The molecule has 0 fully saturated rings. The molecule has 0 saturated carbocycles. The molecule has 0 rings (SSSR count). The molecular formula is C9H20Cl2Si. The molecule has 0 aliphatic heterocycles. The Morgan fingerprint density at radius 1 is 1.25 bits per heavy atom. The second kappa shape index (κ2) is 4.34. The Hall–Kier alpha value is 0.797. The highest BCUT2D eigenvalue weighted by atomic mass is 35.7. The third kappa shape index (κ3) is 2.40. The predicted octanol–water partition coefficient (Wildman–Crippen LogP) is 4.90. The molecule has 0 amide bonds. The molecule has 0 N–H and O–H groups in total. The normalized spacial score (nSPS) is 16.2. The lowest BCUT2D eigenvalue weighted by molar-refractivity contribution is 0.616. The Kier molecular flexibility index (Phi) is 4.63. The lowest BCUT2D eigenvalue weighted by Crippen LogP contribution is -2.37. The van der Waals surface area contributed by atoms with Gasteiger partial charge < -0.3 is 0 Å². The third-order valence-corrected chi connectivity index (χ3v) is 12.1. The highest BCUT2D eigenvalue weighted by Crippen LogP contribution is 2.52. The second-order valence-electron chi connectivity index (χ2n) is 4.17. The average molecular weight is 227 g/mol. The van der Waals surface area contributed by atoms with Crippen LogP contribution in [0.4, 0.5) is 0 Å².